The third kappa shape index (κ3) is 4.00. The number of aromatic nitrogens is 2. The highest BCUT2D eigenvalue weighted by Gasteiger charge is 2.23. The minimum atomic E-state index is -0.811. The van der Waals surface area contributed by atoms with Gasteiger partial charge in [-0.25, -0.2) is 18.6 Å². The number of ether oxygens (including phenoxy) is 1. The lowest BCUT2D eigenvalue weighted by molar-refractivity contribution is 0.0524. The number of carbonyl (C=O) groups excluding carboxylic acids is 1. The van der Waals surface area contributed by atoms with Crippen molar-refractivity contribution < 1.29 is 18.3 Å². The van der Waals surface area contributed by atoms with E-state index in [0.717, 1.165) is 23.7 Å². The number of rotatable bonds is 4. The molecule has 31 heavy (non-hydrogen) atoms. The highest BCUT2D eigenvalue weighted by atomic mass is 19.1. The lowest BCUT2D eigenvalue weighted by Gasteiger charge is -2.33. The molecule has 0 saturated carbocycles. The minimum Gasteiger partial charge on any atom is -0.462 e. The molecule has 0 bridgehead atoms. The molecule has 4 rings (SSSR count). The summed E-state index contributed by atoms with van der Waals surface area (Å²) in [6, 6.07) is 6.95. The molecule has 0 spiro atoms. The van der Waals surface area contributed by atoms with Gasteiger partial charge in [-0.3, -0.25) is 9.20 Å². The number of carbonyl (C=O) groups is 1. The van der Waals surface area contributed by atoms with E-state index < -0.39 is 23.2 Å². The number of esters is 1. The van der Waals surface area contributed by atoms with E-state index in [1.54, 1.807) is 6.92 Å². The molecule has 1 aliphatic heterocycles. The first kappa shape index (κ1) is 20.9. The van der Waals surface area contributed by atoms with Gasteiger partial charge in [-0.15, -0.1) is 0 Å². The standard InChI is InChI=1S/C22H22F2N4O3/c1-3-31-22(30)17-12-16(14-4-6-15(23)7-5-14)19-25-20(18(24)13-28(19)21(17)29)27-10-8-26(2)9-11-27/h4-7,12-13H,3,8-11H2,1-2H3. The molecule has 162 valence electrons. The third-order valence-electron chi connectivity index (χ3n) is 5.33. The number of piperazine rings is 1. The fourth-order valence-corrected chi connectivity index (χ4v) is 3.62. The molecule has 1 aliphatic rings. The van der Waals surface area contributed by atoms with Crippen LogP contribution in [-0.2, 0) is 4.74 Å². The molecule has 0 atom stereocenters. The monoisotopic (exact) mass is 428 g/mol. The molecule has 1 saturated heterocycles. The molecule has 7 nitrogen and oxygen atoms in total. The fraction of sp³-hybridized carbons (Fsp3) is 0.318. The first-order valence-corrected chi connectivity index (χ1v) is 10.0. The van der Waals surface area contributed by atoms with Crippen LogP contribution in [-0.4, -0.2) is 60.1 Å². The van der Waals surface area contributed by atoms with Gasteiger partial charge in [0.25, 0.3) is 5.56 Å². The van der Waals surface area contributed by atoms with Crippen LogP contribution in [0.1, 0.15) is 17.3 Å². The SMILES string of the molecule is CCOC(=O)c1cc(-c2ccc(F)cc2)c2nc(N3CCN(C)CC3)c(F)cn2c1=O. The number of pyridine rings is 1. The van der Waals surface area contributed by atoms with Crippen LogP contribution in [0.5, 0.6) is 0 Å². The second-order valence-corrected chi connectivity index (χ2v) is 7.40. The Balaban J connectivity index is 1.95. The van der Waals surface area contributed by atoms with Crippen LogP contribution >= 0.6 is 0 Å². The van der Waals surface area contributed by atoms with Crippen molar-refractivity contribution in [3.05, 3.63) is 64.1 Å². The number of likely N-dealkylation sites (N-methyl/N-ethyl adjacent to an activating group) is 1. The minimum absolute atomic E-state index is 0.0851. The van der Waals surface area contributed by atoms with Gasteiger partial charge in [-0.1, -0.05) is 12.1 Å². The topological polar surface area (TPSA) is 67.2 Å². The number of halogens is 2. The maximum absolute atomic E-state index is 15.0. The lowest BCUT2D eigenvalue weighted by atomic mass is 10.0. The Kier molecular flexibility index (Phi) is 5.69. The summed E-state index contributed by atoms with van der Waals surface area (Å²) in [7, 11) is 1.99. The quantitative estimate of drug-likeness (QED) is 0.595. The maximum Gasteiger partial charge on any atom is 0.343 e. The van der Waals surface area contributed by atoms with Crippen molar-refractivity contribution >= 4 is 17.4 Å². The molecule has 0 N–H and O–H groups in total. The predicted octanol–water partition coefficient (Wildman–Crippen LogP) is 2.57. The van der Waals surface area contributed by atoms with Gasteiger partial charge in [0.05, 0.1) is 12.8 Å². The van der Waals surface area contributed by atoms with Crippen molar-refractivity contribution in [2.24, 2.45) is 0 Å². The molecule has 1 aromatic carbocycles. The summed E-state index contributed by atoms with van der Waals surface area (Å²) in [5.74, 6) is -1.76. The smallest absolute Gasteiger partial charge is 0.343 e. The summed E-state index contributed by atoms with van der Waals surface area (Å²) < 4.78 is 34.5. The maximum atomic E-state index is 15.0. The van der Waals surface area contributed by atoms with E-state index in [4.69, 9.17) is 4.74 Å². The Morgan fingerprint density at radius 1 is 1.13 bits per heavy atom. The van der Waals surface area contributed by atoms with Crippen LogP contribution in [0.2, 0.25) is 0 Å². The number of nitrogens with zero attached hydrogens (tertiary/aromatic N) is 4. The Morgan fingerprint density at radius 2 is 1.81 bits per heavy atom. The van der Waals surface area contributed by atoms with Gasteiger partial charge in [-0.2, -0.15) is 0 Å². The molecular weight excluding hydrogens is 406 g/mol. The van der Waals surface area contributed by atoms with Crippen molar-refractivity contribution in [2.45, 2.75) is 6.92 Å². The third-order valence-corrected chi connectivity index (χ3v) is 5.33. The Morgan fingerprint density at radius 3 is 2.45 bits per heavy atom. The van der Waals surface area contributed by atoms with Crippen LogP contribution in [0.25, 0.3) is 16.8 Å². The zero-order chi connectivity index (χ0) is 22.1. The second kappa shape index (κ2) is 8.43. The van der Waals surface area contributed by atoms with Gasteiger partial charge >= 0.3 is 5.97 Å². The van der Waals surface area contributed by atoms with Gasteiger partial charge < -0.3 is 14.5 Å². The van der Waals surface area contributed by atoms with E-state index in [1.165, 1.54) is 30.3 Å². The first-order valence-electron chi connectivity index (χ1n) is 10.0. The van der Waals surface area contributed by atoms with E-state index >= 15 is 4.39 Å². The zero-order valence-corrected chi connectivity index (χ0v) is 17.3. The Bertz CT molecular complexity index is 1190. The van der Waals surface area contributed by atoms with Crippen molar-refractivity contribution in [3.8, 4) is 11.1 Å². The van der Waals surface area contributed by atoms with Crippen LogP contribution in [0.4, 0.5) is 14.6 Å². The van der Waals surface area contributed by atoms with Gasteiger partial charge in [0.2, 0.25) is 0 Å². The summed E-state index contributed by atoms with van der Waals surface area (Å²) in [5.41, 5.74) is 0.147. The van der Waals surface area contributed by atoms with E-state index in [0.29, 0.717) is 24.2 Å². The summed E-state index contributed by atoms with van der Waals surface area (Å²) in [5, 5.41) is 0. The molecule has 3 aromatic rings. The van der Waals surface area contributed by atoms with E-state index in [-0.39, 0.29) is 23.6 Å². The highest BCUT2D eigenvalue weighted by Crippen LogP contribution is 2.27. The van der Waals surface area contributed by atoms with Crippen molar-refractivity contribution in [2.75, 3.05) is 44.7 Å². The molecule has 0 radical (unpaired) electrons. The van der Waals surface area contributed by atoms with Gasteiger partial charge in [0.1, 0.15) is 17.0 Å². The van der Waals surface area contributed by atoms with E-state index in [1.807, 2.05) is 11.9 Å². The second-order valence-electron chi connectivity index (χ2n) is 7.40. The lowest BCUT2D eigenvalue weighted by Crippen LogP contribution is -2.45. The summed E-state index contributed by atoms with van der Waals surface area (Å²) in [6.07, 6.45) is 1.05. The normalized spacial score (nSPS) is 14.8. The number of hydrogen-bond donors (Lipinski definition) is 0. The van der Waals surface area contributed by atoms with Gasteiger partial charge in [0.15, 0.2) is 11.6 Å². The molecule has 3 heterocycles. The predicted molar refractivity (Wildman–Crippen MR) is 112 cm³/mol. The summed E-state index contributed by atoms with van der Waals surface area (Å²) in [6.45, 7) is 4.40. The van der Waals surface area contributed by atoms with Crippen LogP contribution in [0, 0.1) is 11.6 Å². The highest BCUT2D eigenvalue weighted by molar-refractivity contribution is 5.93. The van der Waals surface area contributed by atoms with Crippen LogP contribution < -0.4 is 10.5 Å². The number of benzene rings is 1. The first-order chi connectivity index (χ1) is 14.9. The van der Waals surface area contributed by atoms with Crippen molar-refractivity contribution in [1.29, 1.82) is 0 Å². The number of anilines is 1. The Labute approximate surface area is 177 Å². The van der Waals surface area contributed by atoms with E-state index in [9.17, 15) is 14.0 Å². The van der Waals surface area contributed by atoms with Crippen LogP contribution in [0.3, 0.4) is 0 Å². The molecule has 2 aromatic heterocycles. The molecule has 0 aliphatic carbocycles. The van der Waals surface area contributed by atoms with Crippen LogP contribution in [0.15, 0.2) is 41.3 Å². The summed E-state index contributed by atoms with van der Waals surface area (Å²) >= 11 is 0. The number of fused-ring (bicyclic) bond motifs is 1. The molecule has 0 unspecified atom stereocenters. The Hall–Kier alpha value is -3.33. The fourth-order valence-electron chi connectivity index (χ4n) is 3.62. The number of hydrogen-bond acceptors (Lipinski definition) is 6. The average Bonchev–Trinajstić information content (AvgIpc) is 2.76. The molecule has 9 heteroatoms. The average molecular weight is 428 g/mol. The zero-order valence-electron chi connectivity index (χ0n) is 17.3. The molecule has 1 fully saturated rings. The molecular formula is C22H22F2N4O3. The van der Waals surface area contributed by atoms with Gasteiger partial charge in [-0.05, 0) is 37.7 Å². The summed E-state index contributed by atoms with van der Waals surface area (Å²) in [4.78, 5) is 33.7. The van der Waals surface area contributed by atoms with Crippen molar-refractivity contribution in [3.63, 3.8) is 0 Å². The largest absolute Gasteiger partial charge is 0.462 e. The van der Waals surface area contributed by atoms with Crippen molar-refractivity contribution in [1.82, 2.24) is 14.3 Å². The molecule has 0 amide bonds. The van der Waals surface area contributed by atoms with E-state index in [2.05, 4.69) is 9.88 Å². The van der Waals surface area contributed by atoms with Gasteiger partial charge in [0, 0.05) is 31.7 Å².